The number of aryl methyl sites for hydroxylation is 1. The van der Waals surface area contributed by atoms with Gasteiger partial charge in [0.25, 0.3) is 0 Å². The number of rotatable bonds is 3. The zero-order valence-electron chi connectivity index (χ0n) is 8.97. The van der Waals surface area contributed by atoms with Gasteiger partial charge in [-0.15, -0.1) is 0 Å². The van der Waals surface area contributed by atoms with Crippen LogP contribution in [0.2, 0.25) is 0 Å². The lowest BCUT2D eigenvalue weighted by atomic mass is 10.2. The van der Waals surface area contributed by atoms with Crippen LogP contribution in [0.4, 0.5) is 11.6 Å². The van der Waals surface area contributed by atoms with E-state index in [2.05, 4.69) is 15.1 Å². The molecule has 6 heteroatoms. The van der Waals surface area contributed by atoms with Crippen LogP contribution in [-0.2, 0) is 6.42 Å². The zero-order valence-corrected chi connectivity index (χ0v) is 8.97. The molecule has 0 spiro atoms. The summed E-state index contributed by atoms with van der Waals surface area (Å²) in [7, 11) is 0. The van der Waals surface area contributed by atoms with Crippen molar-refractivity contribution < 1.29 is 4.52 Å². The normalized spacial score (nSPS) is 10.6. The van der Waals surface area contributed by atoms with Crippen LogP contribution in [0.3, 0.4) is 0 Å². The van der Waals surface area contributed by atoms with E-state index in [1.807, 2.05) is 6.92 Å². The SMILES string of the molecule is CCCc1nc(-c2ccc(N)nc2N)no1. The fourth-order valence-corrected chi connectivity index (χ4v) is 1.36. The van der Waals surface area contributed by atoms with Crippen molar-refractivity contribution in [2.75, 3.05) is 11.5 Å². The molecule has 2 heterocycles. The summed E-state index contributed by atoms with van der Waals surface area (Å²) in [6, 6.07) is 3.39. The molecule has 0 aliphatic carbocycles. The molecule has 0 saturated carbocycles. The Hall–Kier alpha value is -2.11. The summed E-state index contributed by atoms with van der Waals surface area (Å²) in [6.07, 6.45) is 1.71. The number of nitrogens with zero attached hydrogens (tertiary/aromatic N) is 3. The minimum atomic E-state index is 0.309. The van der Waals surface area contributed by atoms with Gasteiger partial charge in [0.05, 0.1) is 5.56 Å². The largest absolute Gasteiger partial charge is 0.384 e. The van der Waals surface area contributed by atoms with Crippen LogP contribution >= 0.6 is 0 Å². The third-order valence-electron chi connectivity index (χ3n) is 2.12. The third-order valence-corrected chi connectivity index (χ3v) is 2.12. The van der Waals surface area contributed by atoms with Gasteiger partial charge in [-0.1, -0.05) is 12.1 Å². The van der Waals surface area contributed by atoms with Crippen LogP contribution in [0.1, 0.15) is 19.2 Å². The molecule has 2 aromatic heterocycles. The topological polar surface area (TPSA) is 104 Å². The lowest BCUT2D eigenvalue weighted by Gasteiger charge is -1.99. The van der Waals surface area contributed by atoms with E-state index < -0.39 is 0 Å². The maximum Gasteiger partial charge on any atom is 0.226 e. The first kappa shape index (κ1) is 10.4. The summed E-state index contributed by atoms with van der Waals surface area (Å²) in [5.74, 6) is 1.74. The van der Waals surface area contributed by atoms with Crippen LogP contribution in [0.5, 0.6) is 0 Å². The van der Waals surface area contributed by atoms with Crippen molar-refractivity contribution in [2.24, 2.45) is 0 Å². The van der Waals surface area contributed by atoms with Gasteiger partial charge < -0.3 is 16.0 Å². The Bertz CT molecular complexity index is 494. The zero-order chi connectivity index (χ0) is 11.5. The van der Waals surface area contributed by atoms with Crippen LogP contribution in [0.25, 0.3) is 11.4 Å². The Morgan fingerprint density at radius 3 is 2.75 bits per heavy atom. The van der Waals surface area contributed by atoms with Crippen LogP contribution in [0, 0.1) is 0 Å². The first-order chi connectivity index (χ1) is 7.70. The molecule has 0 amide bonds. The van der Waals surface area contributed by atoms with E-state index in [-0.39, 0.29) is 0 Å². The first-order valence-corrected chi connectivity index (χ1v) is 5.05. The fraction of sp³-hybridized carbons (Fsp3) is 0.300. The predicted molar refractivity (Wildman–Crippen MR) is 60.3 cm³/mol. The van der Waals surface area contributed by atoms with E-state index in [0.29, 0.717) is 28.9 Å². The third kappa shape index (κ3) is 1.95. The summed E-state index contributed by atoms with van der Waals surface area (Å²) in [4.78, 5) is 8.16. The molecule has 0 bridgehead atoms. The smallest absolute Gasteiger partial charge is 0.226 e. The highest BCUT2D eigenvalue weighted by atomic mass is 16.5. The molecule has 4 N–H and O–H groups in total. The first-order valence-electron chi connectivity index (χ1n) is 5.05. The van der Waals surface area contributed by atoms with Gasteiger partial charge in [0.15, 0.2) is 0 Å². The van der Waals surface area contributed by atoms with Gasteiger partial charge in [0, 0.05) is 6.42 Å². The second-order valence-electron chi connectivity index (χ2n) is 3.43. The number of nitrogen functional groups attached to an aromatic ring is 2. The molecule has 6 nitrogen and oxygen atoms in total. The molecule has 0 aliphatic rings. The van der Waals surface area contributed by atoms with E-state index in [1.165, 1.54) is 0 Å². The van der Waals surface area contributed by atoms with Gasteiger partial charge in [0.1, 0.15) is 11.6 Å². The quantitative estimate of drug-likeness (QED) is 0.805. The number of aromatic nitrogens is 3. The van der Waals surface area contributed by atoms with Crippen LogP contribution < -0.4 is 11.5 Å². The Kier molecular flexibility index (Phi) is 2.72. The molecule has 0 unspecified atom stereocenters. The number of anilines is 2. The van der Waals surface area contributed by atoms with E-state index in [1.54, 1.807) is 12.1 Å². The van der Waals surface area contributed by atoms with E-state index in [0.717, 1.165) is 12.8 Å². The second kappa shape index (κ2) is 4.18. The van der Waals surface area contributed by atoms with Crippen molar-refractivity contribution in [3.63, 3.8) is 0 Å². The highest BCUT2D eigenvalue weighted by molar-refractivity contribution is 5.69. The molecule has 2 aromatic rings. The number of hydrogen-bond donors (Lipinski definition) is 2. The van der Waals surface area contributed by atoms with Gasteiger partial charge >= 0.3 is 0 Å². The summed E-state index contributed by atoms with van der Waals surface area (Å²) < 4.78 is 5.07. The minimum absolute atomic E-state index is 0.309. The lowest BCUT2D eigenvalue weighted by molar-refractivity contribution is 0.378. The van der Waals surface area contributed by atoms with Crippen molar-refractivity contribution in [3.8, 4) is 11.4 Å². The number of pyridine rings is 1. The van der Waals surface area contributed by atoms with Gasteiger partial charge in [-0.05, 0) is 18.6 Å². The van der Waals surface area contributed by atoms with Gasteiger partial charge in [-0.25, -0.2) is 4.98 Å². The monoisotopic (exact) mass is 219 g/mol. The summed E-state index contributed by atoms with van der Waals surface area (Å²) in [6.45, 7) is 2.04. The van der Waals surface area contributed by atoms with Crippen molar-refractivity contribution in [1.29, 1.82) is 0 Å². The van der Waals surface area contributed by atoms with Crippen molar-refractivity contribution in [3.05, 3.63) is 18.0 Å². The van der Waals surface area contributed by atoms with E-state index in [4.69, 9.17) is 16.0 Å². The molecule has 0 aliphatic heterocycles. The molecule has 0 atom stereocenters. The minimum Gasteiger partial charge on any atom is -0.384 e. The Morgan fingerprint density at radius 2 is 2.06 bits per heavy atom. The van der Waals surface area contributed by atoms with Gasteiger partial charge in [0.2, 0.25) is 11.7 Å². The van der Waals surface area contributed by atoms with E-state index in [9.17, 15) is 0 Å². The molecule has 84 valence electrons. The van der Waals surface area contributed by atoms with Crippen LogP contribution in [-0.4, -0.2) is 15.1 Å². The highest BCUT2D eigenvalue weighted by Crippen LogP contribution is 2.22. The van der Waals surface area contributed by atoms with Crippen molar-refractivity contribution in [2.45, 2.75) is 19.8 Å². The average molecular weight is 219 g/mol. The van der Waals surface area contributed by atoms with E-state index >= 15 is 0 Å². The lowest BCUT2D eigenvalue weighted by Crippen LogP contribution is -1.98. The Balaban J connectivity index is 2.35. The summed E-state index contributed by atoms with van der Waals surface area (Å²) >= 11 is 0. The Labute approximate surface area is 92.7 Å². The molecule has 0 saturated heterocycles. The van der Waals surface area contributed by atoms with Crippen molar-refractivity contribution in [1.82, 2.24) is 15.1 Å². The van der Waals surface area contributed by atoms with Gasteiger partial charge in [-0.3, -0.25) is 0 Å². The standard InChI is InChI=1S/C10H13N5O/c1-2-3-8-14-10(15-16-8)6-4-5-7(11)13-9(6)12/h4-5H,2-3H2,1H3,(H4,11,12,13). The summed E-state index contributed by atoms with van der Waals surface area (Å²) in [5.41, 5.74) is 11.9. The molecular formula is C10H13N5O. The fourth-order valence-electron chi connectivity index (χ4n) is 1.36. The predicted octanol–water partition coefficient (Wildman–Crippen LogP) is 1.25. The molecular weight excluding hydrogens is 206 g/mol. The number of hydrogen-bond acceptors (Lipinski definition) is 6. The van der Waals surface area contributed by atoms with Gasteiger partial charge in [-0.2, -0.15) is 4.98 Å². The molecule has 0 fully saturated rings. The molecule has 2 rings (SSSR count). The maximum atomic E-state index is 5.72. The van der Waals surface area contributed by atoms with Crippen molar-refractivity contribution >= 4 is 11.6 Å². The average Bonchev–Trinajstić information content (AvgIpc) is 2.67. The maximum absolute atomic E-state index is 5.72. The summed E-state index contributed by atoms with van der Waals surface area (Å²) in [5, 5.41) is 3.85. The molecule has 0 radical (unpaired) electrons. The second-order valence-corrected chi connectivity index (χ2v) is 3.43. The number of nitrogens with two attached hydrogens (primary N) is 2. The molecule has 0 aromatic carbocycles. The Morgan fingerprint density at radius 1 is 1.25 bits per heavy atom. The van der Waals surface area contributed by atoms with Crippen LogP contribution in [0.15, 0.2) is 16.7 Å². The molecule has 16 heavy (non-hydrogen) atoms. The highest BCUT2D eigenvalue weighted by Gasteiger charge is 2.11.